The highest BCUT2D eigenvalue weighted by molar-refractivity contribution is 9.10. The van der Waals surface area contributed by atoms with Crippen molar-refractivity contribution in [3.8, 4) is 5.75 Å². The molecule has 0 fully saturated rings. The maximum Gasteiger partial charge on any atom is 0.258 e. The molecule has 0 unspecified atom stereocenters. The summed E-state index contributed by atoms with van der Waals surface area (Å²) in [5, 5.41) is 2.85. The monoisotopic (exact) mass is 299 g/mol. The van der Waals surface area contributed by atoms with E-state index < -0.39 is 0 Å². The fourth-order valence-corrected chi connectivity index (χ4v) is 1.52. The summed E-state index contributed by atoms with van der Waals surface area (Å²) >= 11 is 3.42. The van der Waals surface area contributed by atoms with Crippen LogP contribution in [0, 0.1) is 6.92 Å². The maximum absolute atomic E-state index is 11.5. The number of carbonyl (C=O) groups is 1. The highest BCUT2D eigenvalue weighted by Crippen LogP contribution is 2.21. The van der Waals surface area contributed by atoms with E-state index in [4.69, 9.17) is 4.74 Å². The maximum atomic E-state index is 11.5. The number of benzene rings is 1. The molecule has 0 aromatic heterocycles. The molecule has 0 bridgehead atoms. The van der Waals surface area contributed by atoms with Gasteiger partial charge in [0.25, 0.3) is 5.91 Å². The molecule has 94 valence electrons. The van der Waals surface area contributed by atoms with Gasteiger partial charge in [-0.15, -0.1) is 0 Å². The van der Waals surface area contributed by atoms with Gasteiger partial charge in [-0.25, -0.2) is 0 Å². The molecule has 0 aliphatic heterocycles. The van der Waals surface area contributed by atoms with E-state index in [1.54, 1.807) is 0 Å². The van der Waals surface area contributed by atoms with Crippen LogP contribution in [0.15, 0.2) is 22.7 Å². The van der Waals surface area contributed by atoms with Gasteiger partial charge >= 0.3 is 0 Å². The zero-order valence-corrected chi connectivity index (χ0v) is 12.0. The smallest absolute Gasteiger partial charge is 0.258 e. The van der Waals surface area contributed by atoms with Crippen LogP contribution in [-0.4, -0.2) is 18.6 Å². The largest absolute Gasteiger partial charge is 0.484 e. The van der Waals surface area contributed by atoms with Crippen molar-refractivity contribution in [2.75, 3.05) is 6.61 Å². The summed E-state index contributed by atoms with van der Waals surface area (Å²) in [6, 6.07) is 5.85. The molecule has 1 N–H and O–H groups in total. The first-order chi connectivity index (χ1) is 8.02. The van der Waals surface area contributed by atoms with Gasteiger partial charge in [0.15, 0.2) is 6.61 Å². The van der Waals surface area contributed by atoms with Gasteiger partial charge in [0.2, 0.25) is 0 Å². The minimum absolute atomic E-state index is 0.0609. The van der Waals surface area contributed by atoms with Gasteiger partial charge in [-0.3, -0.25) is 4.79 Å². The molecule has 1 aromatic rings. The van der Waals surface area contributed by atoms with Gasteiger partial charge in [-0.1, -0.05) is 22.9 Å². The van der Waals surface area contributed by atoms with E-state index >= 15 is 0 Å². The van der Waals surface area contributed by atoms with Crippen molar-refractivity contribution in [3.63, 3.8) is 0 Å². The van der Waals surface area contributed by atoms with Crippen molar-refractivity contribution in [1.82, 2.24) is 5.32 Å². The number of halogens is 1. The van der Waals surface area contributed by atoms with Gasteiger partial charge in [0.1, 0.15) is 5.75 Å². The quantitative estimate of drug-likeness (QED) is 0.907. The van der Waals surface area contributed by atoms with Crippen LogP contribution in [0.1, 0.15) is 25.8 Å². The average molecular weight is 300 g/mol. The van der Waals surface area contributed by atoms with Crippen LogP contribution in [0.4, 0.5) is 0 Å². The SMILES string of the molecule is CC[C@@H](C)NC(=O)COc1ccc(Br)c(C)c1. The summed E-state index contributed by atoms with van der Waals surface area (Å²) in [6.45, 7) is 6.05. The zero-order valence-electron chi connectivity index (χ0n) is 10.4. The Bertz CT molecular complexity index is 393. The minimum atomic E-state index is -0.0834. The van der Waals surface area contributed by atoms with Crippen LogP contribution < -0.4 is 10.1 Å². The molecule has 1 atom stereocenters. The molecule has 0 aliphatic carbocycles. The summed E-state index contributed by atoms with van der Waals surface area (Å²) in [4.78, 5) is 11.5. The Labute approximate surface area is 111 Å². The molecular formula is C13H18BrNO2. The predicted octanol–water partition coefficient (Wildman–Crippen LogP) is 3.05. The number of aryl methyl sites for hydroxylation is 1. The number of hydrogen-bond donors (Lipinski definition) is 1. The third-order valence-electron chi connectivity index (χ3n) is 2.52. The topological polar surface area (TPSA) is 38.3 Å². The van der Waals surface area contributed by atoms with Crippen LogP contribution >= 0.6 is 15.9 Å². The van der Waals surface area contributed by atoms with E-state index in [0.29, 0.717) is 5.75 Å². The molecule has 0 heterocycles. The predicted molar refractivity (Wildman–Crippen MR) is 72.3 cm³/mol. The molecule has 0 saturated heterocycles. The normalized spacial score (nSPS) is 12.0. The Morgan fingerprint density at radius 3 is 2.82 bits per heavy atom. The van der Waals surface area contributed by atoms with Crippen molar-refractivity contribution in [2.45, 2.75) is 33.2 Å². The van der Waals surface area contributed by atoms with E-state index in [1.165, 1.54) is 0 Å². The Morgan fingerprint density at radius 2 is 2.24 bits per heavy atom. The Kier molecular flexibility index (Phi) is 5.48. The van der Waals surface area contributed by atoms with Crippen molar-refractivity contribution in [3.05, 3.63) is 28.2 Å². The highest BCUT2D eigenvalue weighted by Gasteiger charge is 2.06. The summed E-state index contributed by atoms with van der Waals surface area (Å²) in [6.07, 6.45) is 0.920. The lowest BCUT2D eigenvalue weighted by molar-refractivity contribution is -0.123. The van der Waals surface area contributed by atoms with E-state index in [1.807, 2.05) is 39.0 Å². The Hall–Kier alpha value is -1.03. The second-order valence-electron chi connectivity index (χ2n) is 4.08. The lowest BCUT2D eigenvalue weighted by Crippen LogP contribution is -2.35. The molecule has 1 amide bonds. The van der Waals surface area contributed by atoms with E-state index in [2.05, 4.69) is 21.2 Å². The first-order valence-corrected chi connectivity index (χ1v) is 6.50. The molecule has 0 saturated carbocycles. The molecule has 0 radical (unpaired) electrons. The first-order valence-electron chi connectivity index (χ1n) is 5.71. The Balaban J connectivity index is 2.45. The summed E-state index contributed by atoms with van der Waals surface area (Å²) in [5.41, 5.74) is 1.09. The van der Waals surface area contributed by atoms with Crippen molar-refractivity contribution < 1.29 is 9.53 Å². The lowest BCUT2D eigenvalue weighted by Gasteiger charge is -2.12. The van der Waals surface area contributed by atoms with Crippen LogP contribution in [0.2, 0.25) is 0 Å². The number of ether oxygens (including phenoxy) is 1. The van der Waals surface area contributed by atoms with Gasteiger partial charge in [0, 0.05) is 10.5 Å². The molecule has 3 nitrogen and oxygen atoms in total. The lowest BCUT2D eigenvalue weighted by atomic mass is 10.2. The van der Waals surface area contributed by atoms with E-state index in [9.17, 15) is 4.79 Å². The van der Waals surface area contributed by atoms with Gasteiger partial charge in [-0.05, 0) is 44.0 Å². The van der Waals surface area contributed by atoms with Crippen molar-refractivity contribution >= 4 is 21.8 Å². The van der Waals surface area contributed by atoms with Gasteiger partial charge in [0.05, 0.1) is 0 Å². The van der Waals surface area contributed by atoms with Gasteiger partial charge in [-0.2, -0.15) is 0 Å². The molecule has 4 heteroatoms. The molecule has 1 aromatic carbocycles. The summed E-state index contributed by atoms with van der Waals surface area (Å²) in [7, 11) is 0. The Morgan fingerprint density at radius 1 is 1.53 bits per heavy atom. The van der Waals surface area contributed by atoms with Crippen molar-refractivity contribution in [1.29, 1.82) is 0 Å². The molecule has 1 rings (SSSR count). The van der Waals surface area contributed by atoms with Crippen LogP contribution in [-0.2, 0) is 4.79 Å². The average Bonchev–Trinajstić information content (AvgIpc) is 2.30. The standard InChI is InChI=1S/C13H18BrNO2/c1-4-10(3)15-13(16)8-17-11-5-6-12(14)9(2)7-11/h5-7,10H,4,8H2,1-3H3,(H,15,16)/t10-/m1/s1. The van der Waals surface area contributed by atoms with E-state index in [-0.39, 0.29) is 18.6 Å². The number of nitrogens with one attached hydrogen (secondary N) is 1. The summed E-state index contributed by atoms with van der Waals surface area (Å²) < 4.78 is 6.45. The second-order valence-corrected chi connectivity index (χ2v) is 4.93. The molecule has 0 aliphatic rings. The third kappa shape index (κ3) is 4.77. The summed E-state index contributed by atoms with van der Waals surface area (Å²) in [5.74, 6) is 0.630. The molecule has 0 spiro atoms. The minimum Gasteiger partial charge on any atom is -0.484 e. The zero-order chi connectivity index (χ0) is 12.8. The number of amides is 1. The highest BCUT2D eigenvalue weighted by atomic mass is 79.9. The fraction of sp³-hybridized carbons (Fsp3) is 0.462. The van der Waals surface area contributed by atoms with E-state index in [0.717, 1.165) is 16.5 Å². The third-order valence-corrected chi connectivity index (χ3v) is 3.41. The van der Waals surface area contributed by atoms with Crippen LogP contribution in [0.3, 0.4) is 0 Å². The van der Waals surface area contributed by atoms with Gasteiger partial charge < -0.3 is 10.1 Å². The van der Waals surface area contributed by atoms with Crippen molar-refractivity contribution in [2.24, 2.45) is 0 Å². The number of hydrogen-bond acceptors (Lipinski definition) is 2. The second kappa shape index (κ2) is 6.64. The fourth-order valence-electron chi connectivity index (χ4n) is 1.27. The van der Waals surface area contributed by atoms with Crippen LogP contribution in [0.5, 0.6) is 5.75 Å². The number of carbonyl (C=O) groups excluding carboxylic acids is 1. The first kappa shape index (κ1) is 14.0. The molecule has 17 heavy (non-hydrogen) atoms. The number of rotatable bonds is 5. The molecular weight excluding hydrogens is 282 g/mol. The van der Waals surface area contributed by atoms with Crippen LogP contribution in [0.25, 0.3) is 0 Å².